The predicted molar refractivity (Wildman–Crippen MR) is 141 cm³/mol. The fourth-order valence-corrected chi connectivity index (χ4v) is 4.95. The summed E-state index contributed by atoms with van der Waals surface area (Å²) in [4.78, 5) is 43.2. The molecular formula is C28H34N4O5. The molecule has 9 heteroatoms. The van der Waals surface area contributed by atoms with Crippen molar-refractivity contribution < 1.29 is 24.6 Å². The molecule has 1 saturated heterocycles. The molecule has 3 N–H and O–H groups in total. The van der Waals surface area contributed by atoms with Crippen molar-refractivity contribution in [3.63, 3.8) is 0 Å². The van der Waals surface area contributed by atoms with Gasteiger partial charge in [-0.1, -0.05) is 49.4 Å². The lowest BCUT2D eigenvalue weighted by atomic mass is 9.82. The number of aliphatic hydroxyl groups excluding tert-OH is 1. The molecule has 0 saturated carbocycles. The van der Waals surface area contributed by atoms with E-state index in [0.29, 0.717) is 36.6 Å². The topological polar surface area (TPSA) is 113 Å². The maximum absolute atomic E-state index is 13.2. The van der Waals surface area contributed by atoms with Crippen molar-refractivity contribution >= 4 is 29.1 Å². The third-order valence-corrected chi connectivity index (χ3v) is 7.10. The molecule has 2 aliphatic rings. The number of carbonyl (C=O) groups excluding carboxylic acids is 3. The van der Waals surface area contributed by atoms with E-state index >= 15 is 0 Å². The lowest BCUT2D eigenvalue weighted by Gasteiger charge is -2.30. The molecule has 196 valence electrons. The van der Waals surface area contributed by atoms with Gasteiger partial charge in [0.15, 0.2) is 5.60 Å². The quantitative estimate of drug-likeness (QED) is 0.443. The van der Waals surface area contributed by atoms with Crippen molar-refractivity contribution in [2.24, 2.45) is 5.92 Å². The number of carbonyl (C=O) groups is 3. The Morgan fingerprint density at radius 1 is 1.22 bits per heavy atom. The van der Waals surface area contributed by atoms with Crippen molar-refractivity contribution in [3.05, 3.63) is 71.8 Å². The summed E-state index contributed by atoms with van der Waals surface area (Å²) in [6.45, 7) is 3.60. The van der Waals surface area contributed by atoms with Crippen LogP contribution in [0.4, 0.5) is 11.4 Å². The van der Waals surface area contributed by atoms with Gasteiger partial charge in [0.1, 0.15) is 0 Å². The predicted octanol–water partition coefficient (Wildman–Crippen LogP) is 1.39. The zero-order chi connectivity index (χ0) is 26.6. The first-order valence-electron chi connectivity index (χ1n) is 12.5. The van der Waals surface area contributed by atoms with Crippen LogP contribution >= 0.6 is 0 Å². The van der Waals surface area contributed by atoms with Crippen molar-refractivity contribution in [1.82, 2.24) is 10.2 Å². The first kappa shape index (κ1) is 26.5. The van der Waals surface area contributed by atoms with Gasteiger partial charge in [-0.3, -0.25) is 14.4 Å². The summed E-state index contributed by atoms with van der Waals surface area (Å²) in [5.74, 6) is -1.32. The number of hydrogen-bond acceptors (Lipinski definition) is 6. The molecule has 2 heterocycles. The Kier molecular flexibility index (Phi) is 8.06. The largest absolute Gasteiger partial charge is 0.395 e. The summed E-state index contributed by atoms with van der Waals surface area (Å²) in [5, 5.41) is 24.2. The van der Waals surface area contributed by atoms with E-state index in [1.54, 1.807) is 54.1 Å². The fraction of sp³-hybridized carbons (Fsp3) is 0.393. The molecule has 3 amide bonds. The minimum absolute atomic E-state index is 0.0678. The molecule has 0 spiro atoms. The summed E-state index contributed by atoms with van der Waals surface area (Å²) in [6, 6.07) is 14.8. The average molecular weight is 507 g/mol. The number of anilines is 2. The average Bonchev–Trinajstić information content (AvgIpc) is 3.10. The van der Waals surface area contributed by atoms with E-state index in [2.05, 4.69) is 5.32 Å². The Balaban J connectivity index is 1.51. The molecule has 4 rings (SSSR count). The number of piperazine rings is 1. The number of aliphatic hydroxyl groups is 2. The van der Waals surface area contributed by atoms with E-state index in [-0.39, 0.29) is 37.9 Å². The smallest absolute Gasteiger partial charge is 0.264 e. The Hall–Kier alpha value is -3.53. The molecule has 9 nitrogen and oxygen atoms in total. The van der Waals surface area contributed by atoms with Crippen LogP contribution in [0.2, 0.25) is 0 Å². The van der Waals surface area contributed by atoms with Gasteiger partial charge < -0.3 is 30.2 Å². The van der Waals surface area contributed by atoms with Crippen LogP contribution in [0.5, 0.6) is 0 Å². The molecule has 2 atom stereocenters. The molecule has 2 aliphatic heterocycles. The van der Waals surface area contributed by atoms with Gasteiger partial charge in [-0.05, 0) is 23.8 Å². The monoisotopic (exact) mass is 506 g/mol. The van der Waals surface area contributed by atoms with Crippen LogP contribution in [0.1, 0.15) is 24.5 Å². The van der Waals surface area contributed by atoms with Crippen LogP contribution < -0.4 is 15.1 Å². The Morgan fingerprint density at radius 2 is 1.97 bits per heavy atom. The van der Waals surface area contributed by atoms with E-state index in [1.165, 1.54) is 4.90 Å². The van der Waals surface area contributed by atoms with E-state index in [1.807, 2.05) is 30.3 Å². The van der Waals surface area contributed by atoms with Crippen molar-refractivity contribution in [2.45, 2.75) is 25.5 Å². The molecule has 0 aliphatic carbocycles. The normalized spacial score (nSPS) is 20.4. The van der Waals surface area contributed by atoms with Crippen LogP contribution in [-0.2, 0) is 26.5 Å². The Labute approximate surface area is 217 Å². The van der Waals surface area contributed by atoms with Gasteiger partial charge >= 0.3 is 0 Å². The SMILES string of the molecule is C[C@H](/C=C/CC(=O)N(CCO)Cc1ccccc1)[C@@]1(O)C(=O)N(C)c2ccc(N3CCNCC3=O)cc21. The van der Waals surface area contributed by atoms with Gasteiger partial charge in [-0.15, -0.1) is 0 Å². The summed E-state index contributed by atoms with van der Waals surface area (Å²) in [6.07, 6.45) is 3.41. The van der Waals surface area contributed by atoms with E-state index < -0.39 is 17.4 Å². The first-order valence-corrected chi connectivity index (χ1v) is 12.5. The van der Waals surface area contributed by atoms with Crippen LogP contribution in [0.25, 0.3) is 0 Å². The van der Waals surface area contributed by atoms with E-state index in [4.69, 9.17) is 0 Å². The second kappa shape index (κ2) is 11.2. The molecule has 0 bridgehead atoms. The van der Waals surface area contributed by atoms with Crippen molar-refractivity contribution in [2.75, 3.05) is 49.6 Å². The molecule has 2 aromatic carbocycles. The summed E-state index contributed by atoms with van der Waals surface area (Å²) in [5.41, 5.74) is 0.806. The number of nitrogens with one attached hydrogen (secondary N) is 1. The number of hydrogen-bond donors (Lipinski definition) is 3. The standard InChI is InChI=1S/C28H34N4O5/c1-20(7-6-10-25(34)31(15-16-33)19-21-8-4-3-5-9-21)28(37)23-17-22(32-14-13-29-18-26(32)35)11-12-24(23)30(2)27(28)36/h3-9,11-12,17,20,29,33,37H,10,13-16,18-19H2,1-2H3/b7-6+/t20-,28+/m1/s1. The van der Waals surface area contributed by atoms with Gasteiger partial charge in [0.2, 0.25) is 11.8 Å². The lowest BCUT2D eigenvalue weighted by Crippen LogP contribution is -2.48. The lowest BCUT2D eigenvalue weighted by molar-refractivity contribution is -0.139. The molecular weight excluding hydrogens is 472 g/mol. The number of amides is 3. The number of nitrogens with zero attached hydrogens (tertiary/aromatic N) is 3. The third kappa shape index (κ3) is 5.29. The Bertz CT molecular complexity index is 1180. The molecule has 1 fully saturated rings. The second-order valence-electron chi connectivity index (χ2n) is 9.50. The van der Waals surface area contributed by atoms with E-state index in [0.717, 1.165) is 5.56 Å². The van der Waals surface area contributed by atoms with Crippen LogP contribution in [0.3, 0.4) is 0 Å². The van der Waals surface area contributed by atoms with Gasteiger partial charge in [-0.25, -0.2) is 0 Å². The number of benzene rings is 2. The van der Waals surface area contributed by atoms with Crippen LogP contribution in [0.15, 0.2) is 60.7 Å². The molecule has 0 aromatic heterocycles. The third-order valence-electron chi connectivity index (χ3n) is 7.10. The summed E-state index contributed by atoms with van der Waals surface area (Å²) >= 11 is 0. The highest BCUT2D eigenvalue weighted by Gasteiger charge is 2.51. The summed E-state index contributed by atoms with van der Waals surface area (Å²) < 4.78 is 0. The maximum Gasteiger partial charge on any atom is 0.264 e. The van der Waals surface area contributed by atoms with E-state index in [9.17, 15) is 24.6 Å². The number of likely N-dealkylation sites (N-methyl/N-ethyl adjacent to an activating group) is 1. The van der Waals surface area contributed by atoms with Crippen molar-refractivity contribution in [1.29, 1.82) is 0 Å². The maximum atomic E-state index is 13.2. The number of fused-ring (bicyclic) bond motifs is 1. The zero-order valence-corrected chi connectivity index (χ0v) is 21.3. The highest BCUT2D eigenvalue weighted by atomic mass is 16.3. The minimum atomic E-state index is -1.83. The van der Waals surface area contributed by atoms with Gasteiger partial charge in [0.05, 0.1) is 18.8 Å². The first-order chi connectivity index (χ1) is 17.8. The fourth-order valence-electron chi connectivity index (χ4n) is 4.95. The number of rotatable bonds is 9. The second-order valence-corrected chi connectivity index (χ2v) is 9.50. The zero-order valence-electron chi connectivity index (χ0n) is 21.3. The Morgan fingerprint density at radius 3 is 2.68 bits per heavy atom. The van der Waals surface area contributed by atoms with Crippen LogP contribution in [0, 0.1) is 5.92 Å². The minimum Gasteiger partial charge on any atom is -0.395 e. The summed E-state index contributed by atoms with van der Waals surface area (Å²) in [7, 11) is 1.62. The van der Waals surface area contributed by atoms with Gasteiger partial charge in [0, 0.05) is 56.8 Å². The highest BCUT2D eigenvalue weighted by Crippen LogP contribution is 2.46. The highest BCUT2D eigenvalue weighted by molar-refractivity contribution is 6.07. The molecule has 2 aromatic rings. The molecule has 0 unspecified atom stereocenters. The molecule has 37 heavy (non-hydrogen) atoms. The van der Waals surface area contributed by atoms with Gasteiger partial charge in [0.25, 0.3) is 5.91 Å². The van der Waals surface area contributed by atoms with Crippen molar-refractivity contribution in [3.8, 4) is 0 Å². The van der Waals surface area contributed by atoms with Gasteiger partial charge in [-0.2, -0.15) is 0 Å². The molecule has 0 radical (unpaired) electrons. The van der Waals surface area contributed by atoms with Crippen LogP contribution in [-0.4, -0.2) is 72.7 Å².